The number of hydrogen-bond acceptors (Lipinski definition) is 5. The van der Waals surface area contributed by atoms with Gasteiger partial charge < -0.3 is 14.6 Å². The lowest BCUT2D eigenvalue weighted by molar-refractivity contribution is -0.199. The van der Waals surface area contributed by atoms with E-state index in [0.29, 0.717) is 0 Å². The van der Waals surface area contributed by atoms with Crippen LogP contribution in [-0.4, -0.2) is 35.7 Å². The van der Waals surface area contributed by atoms with E-state index in [0.717, 1.165) is 0 Å². The molecule has 0 amide bonds. The van der Waals surface area contributed by atoms with Crippen LogP contribution in [0.5, 0.6) is 0 Å². The number of carboxylic acids is 1. The topological polar surface area (TPSA) is 89.9 Å². The van der Waals surface area contributed by atoms with Gasteiger partial charge in [-0.05, 0) is 6.92 Å². The number of hydrogen-bond donors (Lipinski definition) is 1. The first kappa shape index (κ1) is 10.5. The summed E-state index contributed by atoms with van der Waals surface area (Å²) in [5.74, 6) is -3.38. The van der Waals surface area contributed by atoms with E-state index < -0.39 is 36.4 Å². The molecule has 0 aromatic carbocycles. The molecular formula is C8H10O6. The fourth-order valence-corrected chi connectivity index (χ4v) is 1.16. The molecule has 1 aliphatic heterocycles. The summed E-state index contributed by atoms with van der Waals surface area (Å²) in [6.07, 6.45) is -1.44. The fraction of sp³-hybridized carbons (Fsp3) is 0.625. The Labute approximate surface area is 79.8 Å². The number of esters is 2. The molecule has 78 valence electrons. The average Bonchev–Trinajstić information content (AvgIpc) is 2.10. The molecule has 1 fully saturated rings. The lowest BCUT2D eigenvalue weighted by Gasteiger charge is -2.31. The largest absolute Gasteiger partial charge is 0.481 e. The third-order valence-corrected chi connectivity index (χ3v) is 1.82. The van der Waals surface area contributed by atoms with E-state index in [1.165, 1.54) is 0 Å². The van der Waals surface area contributed by atoms with Crippen LogP contribution in [0.3, 0.4) is 0 Å². The van der Waals surface area contributed by atoms with E-state index in [1.54, 1.807) is 6.92 Å². The van der Waals surface area contributed by atoms with Crippen molar-refractivity contribution in [1.29, 1.82) is 0 Å². The molecule has 0 radical (unpaired) electrons. The molecule has 14 heavy (non-hydrogen) atoms. The molecule has 0 spiro atoms. The summed E-state index contributed by atoms with van der Waals surface area (Å²) >= 11 is 0. The first-order valence-corrected chi connectivity index (χ1v) is 4.15. The summed E-state index contributed by atoms with van der Waals surface area (Å²) in [7, 11) is 0. The zero-order valence-electron chi connectivity index (χ0n) is 7.56. The summed E-state index contributed by atoms with van der Waals surface area (Å²) in [6.45, 7) is 1.79. The minimum absolute atomic E-state index is 0.173. The summed E-state index contributed by atoms with van der Waals surface area (Å²) in [5, 5.41) is 8.44. The zero-order valence-corrected chi connectivity index (χ0v) is 7.56. The Balaban J connectivity index is 2.51. The van der Waals surface area contributed by atoms with E-state index in [2.05, 4.69) is 9.47 Å². The van der Waals surface area contributed by atoms with E-state index in [1.807, 2.05) is 0 Å². The van der Waals surface area contributed by atoms with Crippen molar-refractivity contribution in [3.05, 3.63) is 0 Å². The van der Waals surface area contributed by atoms with Crippen LogP contribution in [0.4, 0.5) is 0 Å². The van der Waals surface area contributed by atoms with Crippen LogP contribution in [-0.2, 0) is 23.9 Å². The maximum atomic E-state index is 11.1. The van der Waals surface area contributed by atoms with Gasteiger partial charge >= 0.3 is 17.9 Å². The molecule has 1 saturated heterocycles. The van der Waals surface area contributed by atoms with Crippen molar-refractivity contribution in [2.45, 2.75) is 19.4 Å². The molecule has 0 aromatic rings. The molecular weight excluding hydrogens is 192 g/mol. The zero-order chi connectivity index (χ0) is 10.7. The highest BCUT2D eigenvalue weighted by Gasteiger charge is 2.49. The maximum Gasteiger partial charge on any atom is 0.348 e. The van der Waals surface area contributed by atoms with Crippen molar-refractivity contribution >= 4 is 17.9 Å². The number of carbonyl (C=O) groups is 3. The standard InChI is InChI=1S/C8H10O6/c1-2-13-8(12)6-4(3-5(9)10)7(11)14-6/h4,6H,2-3H2,1H3,(H,9,10). The van der Waals surface area contributed by atoms with E-state index >= 15 is 0 Å². The number of cyclic esters (lactones) is 1. The van der Waals surface area contributed by atoms with Gasteiger partial charge in [-0.1, -0.05) is 0 Å². The maximum absolute atomic E-state index is 11.1. The highest BCUT2D eigenvalue weighted by atomic mass is 16.6. The molecule has 0 aliphatic carbocycles. The SMILES string of the molecule is CCOC(=O)C1OC(=O)C1CC(=O)O. The Kier molecular flexibility index (Phi) is 3.06. The molecule has 0 saturated carbocycles. The average molecular weight is 202 g/mol. The molecule has 2 atom stereocenters. The Morgan fingerprint density at radius 1 is 1.57 bits per heavy atom. The van der Waals surface area contributed by atoms with Gasteiger partial charge in [-0.3, -0.25) is 9.59 Å². The van der Waals surface area contributed by atoms with Crippen molar-refractivity contribution in [1.82, 2.24) is 0 Å². The quantitative estimate of drug-likeness (QED) is 0.622. The first-order valence-electron chi connectivity index (χ1n) is 4.15. The van der Waals surface area contributed by atoms with Crippen LogP contribution in [0.15, 0.2) is 0 Å². The smallest absolute Gasteiger partial charge is 0.348 e. The molecule has 6 nitrogen and oxygen atoms in total. The number of carbonyl (C=O) groups excluding carboxylic acids is 2. The van der Waals surface area contributed by atoms with Crippen LogP contribution in [0.1, 0.15) is 13.3 Å². The van der Waals surface area contributed by atoms with Gasteiger partial charge in [0.05, 0.1) is 13.0 Å². The molecule has 0 aromatic heterocycles. The Morgan fingerprint density at radius 2 is 2.21 bits per heavy atom. The predicted molar refractivity (Wildman–Crippen MR) is 42.3 cm³/mol. The molecule has 1 rings (SSSR count). The van der Waals surface area contributed by atoms with Gasteiger partial charge in [-0.15, -0.1) is 0 Å². The lowest BCUT2D eigenvalue weighted by Crippen LogP contribution is -2.51. The minimum Gasteiger partial charge on any atom is -0.481 e. The van der Waals surface area contributed by atoms with Crippen molar-refractivity contribution < 1.29 is 29.0 Å². The summed E-state index contributed by atoms with van der Waals surface area (Å²) < 4.78 is 9.09. The molecule has 1 heterocycles. The summed E-state index contributed by atoms with van der Waals surface area (Å²) in [5.41, 5.74) is 0. The molecule has 1 aliphatic rings. The number of rotatable bonds is 4. The van der Waals surface area contributed by atoms with E-state index in [4.69, 9.17) is 5.11 Å². The van der Waals surface area contributed by atoms with Crippen molar-refractivity contribution in [2.75, 3.05) is 6.61 Å². The van der Waals surface area contributed by atoms with Crippen LogP contribution in [0, 0.1) is 5.92 Å². The Hall–Kier alpha value is -1.59. The van der Waals surface area contributed by atoms with Crippen LogP contribution in [0.2, 0.25) is 0 Å². The van der Waals surface area contributed by atoms with Crippen LogP contribution in [0.25, 0.3) is 0 Å². The van der Waals surface area contributed by atoms with Crippen molar-refractivity contribution in [3.8, 4) is 0 Å². The number of carboxylic acid groups (broad SMARTS) is 1. The summed E-state index contributed by atoms with van der Waals surface area (Å²) in [4.78, 5) is 32.2. The highest BCUT2D eigenvalue weighted by molar-refractivity contribution is 5.93. The number of aliphatic carboxylic acids is 1. The second-order valence-electron chi connectivity index (χ2n) is 2.81. The summed E-state index contributed by atoms with van der Waals surface area (Å²) in [6, 6.07) is 0. The number of ether oxygens (including phenoxy) is 2. The van der Waals surface area contributed by atoms with Gasteiger partial charge in [0, 0.05) is 0 Å². The second-order valence-corrected chi connectivity index (χ2v) is 2.81. The van der Waals surface area contributed by atoms with Gasteiger partial charge in [0.1, 0.15) is 5.92 Å². The van der Waals surface area contributed by atoms with Gasteiger partial charge in [0.15, 0.2) is 0 Å². The third-order valence-electron chi connectivity index (χ3n) is 1.82. The third kappa shape index (κ3) is 2.01. The Morgan fingerprint density at radius 3 is 2.64 bits per heavy atom. The van der Waals surface area contributed by atoms with Crippen molar-refractivity contribution in [3.63, 3.8) is 0 Å². The minimum atomic E-state index is -1.14. The molecule has 0 bridgehead atoms. The Bertz CT molecular complexity index is 271. The van der Waals surface area contributed by atoms with Crippen LogP contribution >= 0.6 is 0 Å². The lowest BCUT2D eigenvalue weighted by atomic mass is 9.93. The molecule has 2 unspecified atom stereocenters. The first-order chi connectivity index (χ1) is 6.56. The van der Waals surface area contributed by atoms with Gasteiger partial charge in [-0.25, -0.2) is 4.79 Å². The molecule has 1 N–H and O–H groups in total. The fourth-order valence-electron chi connectivity index (χ4n) is 1.16. The van der Waals surface area contributed by atoms with E-state index in [9.17, 15) is 14.4 Å². The molecule has 6 heteroatoms. The monoisotopic (exact) mass is 202 g/mol. The van der Waals surface area contributed by atoms with Gasteiger partial charge in [0.2, 0.25) is 6.10 Å². The predicted octanol–water partition coefficient (Wildman–Crippen LogP) is -0.434. The van der Waals surface area contributed by atoms with Crippen molar-refractivity contribution in [2.24, 2.45) is 5.92 Å². The van der Waals surface area contributed by atoms with Gasteiger partial charge in [-0.2, -0.15) is 0 Å². The highest BCUT2D eigenvalue weighted by Crippen LogP contribution is 2.26. The second kappa shape index (κ2) is 4.08. The van der Waals surface area contributed by atoms with Crippen LogP contribution < -0.4 is 0 Å². The van der Waals surface area contributed by atoms with E-state index in [-0.39, 0.29) is 6.61 Å². The normalized spacial score (nSPS) is 24.8. The van der Waals surface area contributed by atoms with Gasteiger partial charge in [0.25, 0.3) is 0 Å².